The van der Waals surface area contributed by atoms with Crippen LogP contribution in [0.15, 0.2) is 61.2 Å². The Labute approximate surface area is 200 Å². The summed E-state index contributed by atoms with van der Waals surface area (Å²) in [5.74, 6) is -1.15. The van der Waals surface area contributed by atoms with E-state index < -0.39 is 11.7 Å². The van der Waals surface area contributed by atoms with E-state index in [1.165, 1.54) is 11.1 Å². The number of nitrogens with zero attached hydrogens (tertiary/aromatic N) is 5. The second-order valence-corrected chi connectivity index (χ2v) is 8.41. The molecule has 1 fully saturated rings. The number of amides is 2. The average molecular weight is 470 g/mol. The van der Waals surface area contributed by atoms with Crippen LogP contribution in [0.1, 0.15) is 27.6 Å². The lowest BCUT2D eigenvalue weighted by atomic mass is 10.1. The number of carbonyl (C=O) groups is 3. The van der Waals surface area contributed by atoms with E-state index in [2.05, 4.69) is 19.9 Å². The molecular formula is C25H23N7O3. The van der Waals surface area contributed by atoms with Crippen LogP contribution in [-0.4, -0.2) is 73.0 Å². The molecule has 1 atom stereocenters. The van der Waals surface area contributed by atoms with Gasteiger partial charge in [0.2, 0.25) is 5.95 Å². The lowest BCUT2D eigenvalue weighted by molar-refractivity contribution is -0.130. The van der Waals surface area contributed by atoms with Crippen LogP contribution in [0.5, 0.6) is 0 Å². The Balaban J connectivity index is 1.35. The Morgan fingerprint density at radius 1 is 1.03 bits per heavy atom. The summed E-state index contributed by atoms with van der Waals surface area (Å²) in [6.07, 6.45) is 6.19. The van der Waals surface area contributed by atoms with Gasteiger partial charge < -0.3 is 20.5 Å². The summed E-state index contributed by atoms with van der Waals surface area (Å²) in [5.41, 5.74) is 8.22. The average Bonchev–Trinajstić information content (AvgIpc) is 3.33. The molecule has 1 aliphatic rings. The molecule has 35 heavy (non-hydrogen) atoms. The Kier molecular flexibility index (Phi) is 5.69. The molecule has 0 aliphatic carbocycles. The monoisotopic (exact) mass is 469 g/mol. The number of aromatic amines is 1. The largest absolute Gasteiger partial charge is 0.368 e. The highest BCUT2D eigenvalue weighted by Crippen LogP contribution is 2.28. The van der Waals surface area contributed by atoms with Crippen molar-refractivity contribution in [1.82, 2.24) is 29.7 Å². The Morgan fingerprint density at radius 2 is 1.77 bits per heavy atom. The molecule has 1 aliphatic heterocycles. The van der Waals surface area contributed by atoms with E-state index in [1.54, 1.807) is 41.7 Å². The molecule has 3 aromatic heterocycles. The smallest absolute Gasteiger partial charge is 0.295 e. The van der Waals surface area contributed by atoms with Crippen molar-refractivity contribution >= 4 is 34.4 Å². The third-order valence-corrected chi connectivity index (χ3v) is 6.18. The molecule has 5 rings (SSSR count). The number of Topliss-reactive ketones (excluding diaryl/α,β-unsaturated/α-hetero) is 1. The van der Waals surface area contributed by atoms with E-state index in [-0.39, 0.29) is 30.0 Å². The minimum absolute atomic E-state index is 0.0841. The van der Waals surface area contributed by atoms with Gasteiger partial charge in [0, 0.05) is 67.0 Å². The number of nitrogen functional groups attached to an aromatic ring is 1. The van der Waals surface area contributed by atoms with Crippen molar-refractivity contribution in [3.8, 4) is 11.3 Å². The summed E-state index contributed by atoms with van der Waals surface area (Å²) in [5, 5.41) is 0.579. The predicted molar refractivity (Wildman–Crippen MR) is 129 cm³/mol. The van der Waals surface area contributed by atoms with Gasteiger partial charge >= 0.3 is 0 Å². The zero-order valence-corrected chi connectivity index (χ0v) is 19.0. The summed E-state index contributed by atoms with van der Waals surface area (Å²) < 4.78 is 0. The summed E-state index contributed by atoms with van der Waals surface area (Å²) in [6.45, 7) is 2.83. The standard InChI is InChI=1S/C25H23N7O3/c1-15-14-31(23(34)16-5-3-2-4-6-16)9-10-32(15)24(35)22(33)19-13-28-21-18(19)7-8-27-20(21)17-11-29-25(26)30-12-17/h2-8,11-13,15,28H,9-10,14H2,1H3,(H2,26,29,30)/t15-/m1/s1. The van der Waals surface area contributed by atoms with Crippen molar-refractivity contribution in [2.75, 3.05) is 25.4 Å². The van der Waals surface area contributed by atoms with Crippen molar-refractivity contribution < 1.29 is 14.4 Å². The number of carbonyl (C=O) groups excluding carboxylic acids is 3. The van der Waals surface area contributed by atoms with Gasteiger partial charge in [-0.2, -0.15) is 0 Å². The number of hydrogen-bond acceptors (Lipinski definition) is 7. The summed E-state index contributed by atoms with van der Waals surface area (Å²) in [6, 6.07) is 10.4. The number of pyridine rings is 1. The molecule has 0 radical (unpaired) electrons. The molecule has 10 heteroatoms. The summed E-state index contributed by atoms with van der Waals surface area (Å²) >= 11 is 0. The maximum atomic E-state index is 13.2. The van der Waals surface area contributed by atoms with Crippen LogP contribution in [0.4, 0.5) is 5.95 Å². The van der Waals surface area contributed by atoms with Crippen molar-refractivity contribution in [1.29, 1.82) is 0 Å². The van der Waals surface area contributed by atoms with Crippen LogP contribution < -0.4 is 5.73 Å². The zero-order chi connectivity index (χ0) is 24.5. The maximum Gasteiger partial charge on any atom is 0.295 e. The first-order valence-electron chi connectivity index (χ1n) is 11.2. The first kappa shape index (κ1) is 22.2. The van der Waals surface area contributed by atoms with Crippen LogP contribution in [0.25, 0.3) is 22.2 Å². The first-order chi connectivity index (χ1) is 16.9. The number of fused-ring (bicyclic) bond motifs is 1. The Bertz CT molecular complexity index is 1420. The van der Waals surface area contributed by atoms with Crippen molar-refractivity contribution in [3.05, 3.63) is 72.3 Å². The third-order valence-electron chi connectivity index (χ3n) is 6.18. The van der Waals surface area contributed by atoms with Gasteiger partial charge in [0.05, 0.1) is 16.8 Å². The molecular weight excluding hydrogens is 446 g/mol. The number of hydrogen-bond donors (Lipinski definition) is 2. The van der Waals surface area contributed by atoms with E-state index in [9.17, 15) is 14.4 Å². The van der Waals surface area contributed by atoms with Crippen molar-refractivity contribution in [2.24, 2.45) is 0 Å². The van der Waals surface area contributed by atoms with Crippen LogP contribution in [0, 0.1) is 0 Å². The molecule has 3 N–H and O–H groups in total. The molecule has 0 bridgehead atoms. The van der Waals surface area contributed by atoms with E-state index in [0.717, 1.165) is 0 Å². The zero-order valence-electron chi connectivity index (χ0n) is 19.0. The fourth-order valence-corrected chi connectivity index (χ4v) is 4.37. The minimum Gasteiger partial charge on any atom is -0.368 e. The minimum atomic E-state index is -0.614. The van der Waals surface area contributed by atoms with Gasteiger partial charge in [-0.1, -0.05) is 18.2 Å². The highest BCUT2D eigenvalue weighted by molar-refractivity contribution is 6.45. The maximum absolute atomic E-state index is 13.2. The topological polar surface area (TPSA) is 138 Å². The molecule has 1 saturated heterocycles. The van der Waals surface area contributed by atoms with Crippen molar-refractivity contribution in [3.63, 3.8) is 0 Å². The lowest BCUT2D eigenvalue weighted by Gasteiger charge is -2.39. The van der Waals surface area contributed by atoms with Crippen LogP contribution in [0.3, 0.4) is 0 Å². The Hall–Kier alpha value is -4.60. The van der Waals surface area contributed by atoms with Gasteiger partial charge in [0.15, 0.2) is 0 Å². The van der Waals surface area contributed by atoms with Gasteiger partial charge in [0.1, 0.15) is 0 Å². The number of anilines is 1. The number of rotatable bonds is 4. The summed E-state index contributed by atoms with van der Waals surface area (Å²) in [4.78, 5) is 57.9. The highest BCUT2D eigenvalue weighted by Gasteiger charge is 2.34. The number of nitrogens with one attached hydrogen (secondary N) is 1. The van der Waals surface area contributed by atoms with Gasteiger partial charge in [-0.25, -0.2) is 9.97 Å². The Morgan fingerprint density at radius 3 is 2.49 bits per heavy atom. The third kappa shape index (κ3) is 4.10. The van der Waals surface area contributed by atoms with Crippen LogP contribution in [0.2, 0.25) is 0 Å². The first-order valence-corrected chi connectivity index (χ1v) is 11.2. The molecule has 176 valence electrons. The fourth-order valence-electron chi connectivity index (χ4n) is 4.37. The highest BCUT2D eigenvalue weighted by atomic mass is 16.2. The van der Waals surface area contributed by atoms with E-state index in [4.69, 9.17) is 5.73 Å². The van der Waals surface area contributed by atoms with Crippen molar-refractivity contribution in [2.45, 2.75) is 13.0 Å². The molecule has 4 heterocycles. The van der Waals surface area contributed by atoms with Crippen LogP contribution in [-0.2, 0) is 4.79 Å². The quantitative estimate of drug-likeness (QED) is 0.345. The predicted octanol–water partition coefficient (Wildman–Crippen LogP) is 2.16. The molecule has 4 aromatic rings. The van der Waals surface area contributed by atoms with E-state index in [0.29, 0.717) is 40.8 Å². The number of piperazine rings is 1. The molecule has 0 saturated carbocycles. The molecule has 0 unspecified atom stereocenters. The number of H-pyrrole nitrogens is 1. The van der Waals surface area contributed by atoms with Gasteiger partial charge in [-0.15, -0.1) is 0 Å². The van der Waals surface area contributed by atoms with Gasteiger partial charge in [-0.3, -0.25) is 19.4 Å². The second-order valence-electron chi connectivity index (χ2n) is 8.41. The van der Waals surface area contributed by atoms with E-state index in [1.807, 2.05) is 25.1 Å². The van der Waals surface area contributed by atoms with Gasteiger partial charge in [-0.05, 0) is 25.1 Å². The van der Waals surface area contributed by atoms with Crippen LogP contribution >= 0.6 is 0 Å². The summed E-state index contributed by atoms with van der Waals surface area (Å²) in [7, 11) is 0. The normalized spacial score (nSPS) is 15.9. The molecule has 2 amide bonds. The number of nitrogens with two attached hydrogens (primary N) is 1. The lowest BCUT2D eigenvalue weighted by Crippen LogP contribution is -2.56. The number of aromatic nitrogens is 4. The molecule has 10 nitrogen and oxygen atoms in total. The molecule has 0 spiro atoms. The SMILES string of the molecule is C[C@@H]1CN(C(=O)c2ccccc2)CCN1C(=O)C(=O)c1c[nH]c2c(-c3cnc(N)nc3)nccc12. The fraction of sp³-hybridized carbons (Fsp3) is 0.200. The number of ketones is 1. The van der Waals surface area contributed by atoms with Gasteiger partial charge in [0.25, 0.3) is 17.6 Å². The van der Waals surface area contributed by atoms with E-state index >= 15 is 0 Å². The number of benzene rings is 1. The second kappa shape index (κ2) is 8.98. The molecule has 1 aromatic carbocycles.